The number of nitrogens with zero attached hydrogens (tertiary/aromatic N) is 4. The minimum Gasteiger partial charge on any atom is -0.487 e. The monoisotopic (exact) mass is 792 g/mol. The Balaban J connectivity index is 0.820. The van der Waals surface area contributed by atoms with Gasteiger partial charge in [0.2, 0.25) is 0 Å². The zero-order valence-electron chi connectivity index (χ0n) is 32.4. The normalized spacial score (nSPS) is 23.4. The van der Waals surface area contributed by atoms with Crippen LogP contribution in [0.1, 0.15) is 56.8 Å². The highest BCUT2D eigenvalue weighted by Gasteiger charge is 2.38. The summed E-state index contributed by atoms with van der Waals surface area (Å²) in [5, 5.41) is 0. The van der Waals surface area contributed by atoms with Crippen molar-refractivity contribution in [1.82, 2.24) is 18.9 Å². The first kappa shape index (κ1) is 37.9. The van der Waals surface area contributed by atoms with Gasteiger partial charge in [0.25, 0.3) is 22.9 Å². The maximum atomic E-state index is 13.8. The highest BCUT2D eigenvalue weighted by atomic mass is 16.6. The van der Waals surface area contributed by atoms with Gasteiger partial charge < -0.3 is 47.4 Å². The molecular formula is C44H48N4O10. The van der Waals surface area contributed by atoms with Gasteiger partial charge in [-0.05, 0) is 73.2 Å². The third-order valence-corrected chi connectivity index (χ3v) is 11.9. The number of piperidine rings is 2. The van der Waals surface area contributed by atoms with Crippen LogP contribution in [0.4, 0.5) is 0 Å². The first-order chi connectivity index (χ1) is 28.4. The highest BCUT2D eigenvalue weighted by molar-refractivity contribution is 5.95. The predicted molar refractivity (Wildman–Crippen MR) is 211 cm³/mol. The molecule has 0 unspecified atom stereocenters. The molecule has 0 N–H and O–H groups in total. The van der Waals surface area contributed by atoms with Crippen molar-refractivity contribution in [1.29, 1.82) is 0 Å². The number of ether oxygens (including phenoxy) is 6. The van der Waals surface area contributed by atoms with Crippen LogP contribution < -0.4 is 30.1 Å². The van der Waals surface area contributed by atoms with Crippen molar-refractivity contribution in [2.45, 2.75) is 37.8 Å². The lowest BCUT2D eigenvalue weighted by Gasteiger charge is -2.42. The Morgan fingerprint density at radius 2 is 0.879 bits per heavy atom. The van der Waals surface area contributed by atoms with Gasteiger partial charge in [-0.2, -0.15) is 0 Å². The Labute approximate surface area is 335 Å². The molecule has 14 heteroatoms. The average molecular weight is 793 g/mol. The van der Waals surface area contributed by atoms with E-state index >= 15 is 0 Å². The van der Waals surface area contributed by atoms with E-state index in [1.165, 1.54) is 0 Å². The number of amides is 2. The van der Waals surface area contributed by atoms with E-state index in [2.05, 4.69) is 0 Å². The van der Waals surface area contributed by atoms with Gasteiger partial charge in [-0.25, -0.2) is 0 Å². The number of carbonyl (C=O) groups is 2. The number of hydrogen-bond donors (Lipinski definition) is 0. The molecule has 304 valence electrons. The largest absolute Gasteiger partial charge is 0.487 e. The molecule has 7 heterocycles. The molecule has 0 aliphatic carbocycles. The summed E-state index contributed by atoms with van der Waals surface area (Å²) in [5.41, 5.74) is 3.02. The summed E-state index contributed by atoms with van der Waals surface area (Å²) in [6.07, 6.45) is 1.93. The molecule has 0 spiro atoms. The van der Waals surface area contributed by atoms with Crippen molar-refractivity contribution in [3.8, 4) is 23.0 Å². The van der Waals surface area contributed by atoms with Gasteiger partial charge >= 0.3 is 0 Å². The number of benzene rings is 2. The minimum atomic E-state index is -0.0835. The van der Waals surface area contributed by atoms with Gasteiger partial charge in [-0.3, -0.25) is 19.2 Å². The summed E-state index contributed by atoms with van der Waals surface area (Å²) in [6.45, 7) is 5.53. The lowest BCUT2D eigenvalue weighted by molar-refractivity contribution is 0.0582. The third kappa shape index (κ3) is 7.95. The van der Waals surface area contributed by atoms with E-state index in [0.717, 1.165) is 24.2 Å². The standard InChI is InChI=1S/C44H48N4O10/c49-41-5-1-3-35-33-19-29(25-47(35)41)23-45(27-33)43(51)31-7-9-37-39(21-31)57-17-13-53-12-16-56-38-10-8-32(22-40(38)58-18-14-54-11-15-55-37)44(52)46-24-30-20-34(28-46)36-4-2-6-42(50)48(36)26-30/h1-10,21-22,29-30,33-34H,11-20,23-28H2/t29-,30-,33-,34+/m0/s1. The first-order valence-electron chi connectivity index (χ1n) is 20.3. The number of likely N-dealkylation sites (tertiary alicyclic amines) is 2. The van der Waals surface area contributed by atoms with Crippen molar-refractivity contribution < 1.29 is 38.0 Å². The quantitative estimate of drug-likeness (QED) is 0.295. The van der Waals surface area contributed by atoms with Gasteiger partial charge in [0, 0.05) is 85.8 Å². The molecule has 2 amide bonds. The second-order valence-electron chi connectivity index (χ2n) is 15.8. The summed E-state index contributed by atoms with van der Waals surface area (Å²) < 4.78 is 39.8. The maximum absolute atomic E-state index is 13.8. The van der Waals surface area contributed by atoms with Gasteiger partial charge in [0.15, 0.2) is 23.0 Å². The number of fused-ring (bicyclic) bond motifs is 10. The SMILES string of the molecule is O=C(c1ccc2c(c1)OCCOCCOc1ccc(C(=O)N3C[C@@H]4C[C@@H](C3)c3cccc(=O)n3C4)cc1OCCOCCO2)N1C[C@@H]2C[C@H](C1)c1cccc(=O)n1C2. The van der Waals surface area contributed by atoms with Crippen molar-refractivity contribution in [2.24, 2.45) is 11.8 Å². The lowest BCUT2D eigenvalue weighted by Crippen LogP contribution is -2.49. The van der Waals surface area contributed by atoms with E-state index in [4.69, 9.17) is 28.4 Å². The van der Waals surface area contributed by atoms with Crippen LogP contribution in [-0.4, -0.2) is 110 Å². The molecular weight excluding hydrogens is 745 g/mol. The molecule has 58 heavy (non-hydrogen) atoms. The molecule has 5 aliphatic rings. The van der Waals surface area contributed by atoms with E-state index in [0.29, 0.717) is 73.4 Å². The number of rotatable bonds is 2. The van der Waals surface area contributed by atoms with E-state index in [9.17, 15) is 19.2 Å². The van der Waals surface area contributed by atoms with Crippen molar-refractivity contribution in [3.05, 3.63) is 116 Å². The molecule has 0 radical (unpaired) electrons. The molecule has 4 atom stereocenters. The Bertz CT molecular complexity index is 2130. The number of hydrogen-bond acceptors (Lipinski definition) is 10. The zero-order chi connectivity index (χ0) is 39.6. The average Bonchev–Trinajstić information content (AvgIpc) is 3.23. The molecule has 2 aromatic carbocycles. The highest BCUT2D eigenvalue weighted by Crippen LogP contribution is 2.38. The summed E-state index contributed by atoms with van der Waals surface area (Å²) in [4.78, 5) is 56.4. The van der Waals surface area contributed by atoms with Crippen LogP contribution in [0.25, 0.3) is 0 Å². The summed E-state index contributed by atoms with van der Waals surface area (Å²) >= 11 is 0. The Hall–Kier alpha value is -5.60. The fourth-order valence-corrected chi connectivity index (χ4v) is 9.28. The van der Waals surface area contributed by atoms with Crippen LogP contribution in [-0.2, 0) is 22.6 Å². The Kier molecular flexibility index (Phi) is 10.9. The molecule has 4 aromatic rings. The van der Waals surface area contributed by atoms with Crippen molar-refractivity contribution in [2.75, 3.05) is 79.0 Å². The van der Waals surface area contributed by atoms with Crippen LogP contribution in [0.5, 0.6) is 23.0 Å². The molecule has 0 saturated carbocycles. The minimum absolute atomic E-state index is 0.0148. The molecule has 4 bridgehead atoms. The van der Waals surface area contributed by atoms with Gasteiger partial charge in [0.05, 0.1) is 26.4 Å². The fraction of sp³-hybridized carbons (Fsp3) is 0.455. The smallest absolute Gasteiger partial charge is 0.254 e. The number of carbonyl (C=O) groups excluding carboxylic acids is 2. The van der Waals surface area contributed by atoms with E-state index < -0.39 is 0 Å². The van der Waals surface area contributed by atoms with E-state index in [1.54, 1.807) is 60.7 Å². The van der Waals surface area contributed by atoms with E-state index in [-0.39, 0.29) is 99.5 Å². The molecule has 5 aliphatic heterocycles. The van der Waals surface area contributed by atoms with Crippen LogP contribution in [0, 0.1) is 11.8 Å². The Morgan fingerprint density at radius 1 is 0.466 bits per heavy atom. The van der Waals surface area contributed by atoms with Gasteiger partial charge in [-0.15, -0.1) is 0 Å². The van der Waals surface area contributed by atoms with Gasteiger partial charge in [-0.1, -0.05) is 12.1 Å². The zero-order valence-corrected chi connectivity index (χ0v) is 32.4. The maximum Gasteiger partial charge on any atom is 0.254 e. The number of pyridine rings is 2. The topological polar surface area (TPSA) is 140 Å². The molecule has 9 rings (SSSR count). The van der Waals surface area contributed by atoms with Crippen LogP contribution in [0.3, 0.4) is 0 Å². The van der Waals surface area contributed by atoms with Crippen molar-refractivity contribution in [3.63, 3.8) is 0 Å². The van der Waals surface area contributed by atoms with Crippen LogP contribution in [0.2, 0.25) is 0 Å². The summed E-state index contributed by atoms with van der Waals surface area (Å²) in [6, 6.07) is 21.3. The molecule has 2 fully saturated rings. The second-order valence-corrected chi connectivity index (χ2v) is 15.8. The molecule has 2 aromatic heterocycles. The van der Waals surface area contributed by atoms with Crippen LogP contribution in [0.15, 0.2) is 82.4 Å². The third-order valence-electron chi connectivity index (χ3n) is 11.9. The predicted octanol–water partition coefficient (Wildman–Crippen LogP) is 3.79. The summed E-state index contributed by atoms with van der Waals surface area (Å²) in [5.74, 6) is 2.37. The van der Waals surface area contributed by atoms with Crippen LogP contribution >= 0.6 is 0 Å². The lowest BCUT2D eigenvalue weighted by atomic mass is 9.83. The molecule has 2 saturated heterocycles. The fourth-order valence-electron chi connectivity index (χ4n) is 9.28. The second kappa shape index (κ2) is 16.7. The van der Waals surface area contributed by atoms with Gasteiger partial charge in [0.1, 0.15) is 26.4 Å². The molecule has 14 nitrogen and oxygen atoms in total. The van der Waals surface area contributed by atoms with Crippen molar-refractivity contribution >= 4 is 11.8 Å². The first-order valence-corrected chi connectivity index (χ1v) is 20.3. The van der Waals surface area contributed by atoms with E-state index in [1.807, 2.05) is 31.1 Å². The Morgan fingerprint density at radius 3 is 1.31 bits per heavy atom. The number of aromatic nitrogens is 2. The summed E-state index contributed by atoms with van der Waals surface area (Å²) in [7, 11) is 0.